The topological polar surface area (TPSA) is 126 Å². The van der Waals surface area contributed by atoms with Crippen LogP contribution in [0.2, 0.25) is 0 Å². The minimum atomic E-state index is -0.285. The van der Waals surface area contributed by atoms with E-state index in [9.17, 15) is 19.2 Å². The van der Waals surface area contributed by atoms with Gasteiger partial charge < -0.3 is 25.4 Å². The van der Waals surface area contributed by atoms with Crippen LogP contribution < -0.4 is 16.0 Å². The molecule has 1 aromatic carbocycles. The Morgan fingerprint density at radius 3 is 2.20 bits per heavy atom. The highest BCUT2D eigenvalue weighted by Gasteiger charge is 2.25. The number of nitrogens with one attached hydrogen (secondary N) is 3. The largest absolute Gasteiger partial charge is 0.387 e. The Bertz CT molecular complexity index is 1210. The van der Waals surface area contributed by atoms with Gasteiger partial charge in [-0.05, 0) is 44.7 Å². The Labute approximate surface area is 262 Å². The number of aryl methyl sites for hydroxylation is 1. The van der Waals surface area contributed by atoms with Gasteiger partial charge in [0.1, 0.15) is 0 Å². The van der Waals surface area contributed by atoms with Gasteiger partial charge in [0.2, 0.25) is 5.91 Å². The third-order valence-electron chi connectivity index (χ3n) is 7.62. The molecule has 4 amide bonds. The highest BCUT2D eigenvalue weighted by atomic mass is 16.5. The van der Waals surface area contributed by atoms with Crippen molar-refractivity contribution >= 4 is 23.6 Å². The molecule has 1 aromatic rings. The predicted octanol–water partition coefficient (Wildman–Crippen LogP) is 3.66. The monoisotopic (exact) mass is 610 g/mol. The fourth-order valence-electron chi connectivity index (χ4n) is 4.86. The average Bonchev–Trinajstić information content (AvgIpc) is 3.25. The van der Waals surface area contributed by atoms with Crippen LogP contribution in [-0.4, -0.2) is 81.1 Å². The zero-order valence-electron chi connectivity index (χ0n) is 27.1. The Morgan fingerprint density at radius 1 is 0.864 bits per heavy atom. The molecular weight excluding hydrogens is 560 g/mol. The molecule has 1 aliphatic carbocycles. The lowest BCUT2D eigenvalue weighted by molar-refractivity contribution is -0.136. The number of carbonyl (C=O) groups is 4. The normalized spacial score (nSPS) is 14.9. The summed E-state index contributed by atoms with van der Waals surface area (Å²) in [5.74, 6) is -0.695. The summed E-state index contributed by atoms with van der Waals surface area (Å²) >= 11 is 0. The zero-order valence-corrected chi connectivity index (χ0v) is 27.1. The molecule has 1 fully saturated rings. The first-order chi connectivity index (χ1) is 20.8. The van der Waals surface area contributed by atoms with E-state index in [1.807, 2.05) is 31.2 Å². The van der Waals surface area contributed by atoms with E-state index in [2.05, 4.69) is 43.6 Å². The molecule has 44 heavy (non-hydrogen) atoms. The number of hydrogen-bond acceptors (Lipinski definition) is 7. The fraction of sp³-hybridized carbons (Fsp3) is 0.588. The van der Waals surface area contributed by atoms with E-state index >= 15 is 0 Å². The lowest BCUT2D eigenvalue weighted by Crippen LogP contribution is -2.38. The third kappa shape index (κ3) is 11.9. The van der Waals surface area contributed by atoms with Gasteiger partial charge in [0, 0.05) is 66.8 Å². The van der Waals surface area contributed by atoms with E-state index in [-0.39, 0.29) is 34.5 Å². The number of nitrogens with zero attached hydrogens (tertiary/aromatic N) is 1. The molecule has 10 heteroatoms. The summed E-state index contributed by atoms with van der Waals surface area (Å²) in [7, 11) is 0. The second-order valence-corrected chi connectivity index (χ2v) is 13.3. The summed E-state index contributed by atoms with van der Waals surface area (Å²) < 4.78 is 11.9. The molecule has 0 radical (unpaired) electrons. The molecule has 2 aliphatic rings. The van der Waals surface area contributed by atoms with Crippen LogP contribution in [0.1, 0.15) is 75.7 Å². The van der Waals surface area contributed by atoms with Gasteiger partial charge in [-0.15, -0.1) is 0 Å². The van der Waals surface area contributed by atoms with Crippen molar-refractivity contribution in [3.63, 3.8) is 0 Å². The van der Waals surface area contributed by atoms with Gasteiger partial charge in [-0.25, -0.2) is 0 Å². The summed E-state index contributed by atoms with van der Waals surface area (Å²) in [6, 6.07) is 7.54. The summed E-state index contributed by atoms with van der Waals surface area (Å²) in [5, 5.41) is 9.29. The highest BCUT2D eigenvalue weighted by Crippen LogP contribution is 2.29. The highest BCUT2D eigenvalue weighted by molar-refractivity contribution is 6.12. The van der Waals surface area contributed by atoms with Gasteiger partial charge in [-0.1, -0.05) is 51.0 Å². The van der Waals surface area contributed by atoms with Gasteiger partial charge in [-0.2, -0.15) is 0 Å². The predicted molar refractivity (Wildman–Crippen MR) is 170 cm³/mol. The van der Waals surface area contributed by atoms with Crippen LogP contribution in [0, 0.1) is 17.8 Å². The maximum absolute atomic E-state index is 12.5. The number of benzene rings is 1. The number of amides is 4. The Hall–Kier alpha value is -3.50. The van der Waals surface area contributed by atoms with Crippen LogP contribution in [-0.2, 0) is 23.9 Å². The molecule has 0 spiro atoms. The molecule has 1 saturated carbocycles. The van der Waals surface area contributed by atoms with Crippen LogP contribution in [0.15, 0.2) is 47.7 Å². The lowest BCUT2D eigenvalue weighted by Gasteiger charge is -2.29. The van der Waals surface area contributed by atoms with Crippen molar-refractivity contribution in [3.8, 4) is 0 Å². The van der Waals surface area contributed by atoms with Crippen molar-refractivity contribution in [1.82, 2.24) is 20.9 Å². The Kier molecular flexibility index (Phi) is 13.1. The van der Waals surface area contributed by atoms with Crippen molar-refractivity contribution in [1.29, 1.82) is 0 Å². The van der Waals surface area contributed by atoms with E-state index in [1.54, 1.807) is 0 Å². The Balaban J connectivity index is 1.26. The van der Waals surface area contributed by atoms with Gasteiger partial charge in [0.25, 0.3) is 17.7 Å². The molecule has 242 valence electrons. The number of rotatable bonds is 19. The summed E-state index contributed by atoms with van der Waals surface area (Å²) in [6.07, 6.45) is 6.70. The number of ether oxygens (including phenoxy) is 2. The van der Waals surface area contributed by atoms with Crippen LogP contribution in [0.5, 0.6) is 0 Å². The zero-order chi connectivity index (χ0) is 32.2. The molecule has 3 N–H and O–H groups in total. The van der Waals surface area contributed by atoms with Gasteiger partial charge in [-0.3, -0.25) is 24.1 Å². The summed E-state index contributed by atoms with van der Waals surface area (Å²) in [5.41, 5.74) is 3.64. The maximum atomic E-state index is 12.5. The smallest absolute Gasteiger partial charge is 0.253 e. The SMILES string of the molecule is Cc1cccc(C(=O)NCC(C)(C)COCC(C)(C)COCCNC(=O)CCC(NCCN2C(=O)C=CC2=O)=C2CCC2)c1. The number of carbonyl (C=O) groups excluding carboxylic acids is 4. The lowest BCUT2D eigenvalue weighted by atomic mass is 9.89. The van der Waals surface area contributed by atoms with E-state index in [4.69, 9.17) is 9.47 Å². The van der Waals surface area contributed by atoms with Crippen molar-refractivity contribution in [2.24, 2.45) is 10.8 Å². The molecule has 3 rings (SSSR count). The van der Waals surface area contributed by atoms with Crippen molar-refractivity contribution in [3.05, 3.63) is 58.8 Å². The van der Waals surface area contributed by atoms with Crippen molar-refractivity contribution < 1.29 is 28.7 Å². The summed E-state index contributed by atoms with van der Waals surface area (Å²) in [6.45, 7) is 13.9. The molecular formula is C34H50N4O6. The standard InChI is InChI=1S/C34H50N4O6/c1-25-8-6-11-27(20-25)32(42)37-21-33(2,3)22-44-24-34(4,5)23-43-19-17-36-29(39)13-12-28(26-9-7-10-26)35-16-18-38-30(40)14-15-31(38)41/h6,8,11,14-15,20,35H,7,9-10,12-13,16-19,21-24H2,1-5H3,(H,36,39)(H,37,42). The van der Waals surface area contributed by atoms with E-state index in [1.165, 1.54) is 22.6 Å². The third-order valence-corrected chi connectivity index (χ3v) is 7.62. The molecule has 0 bridgehead atoms. The van der Waals surface area contributed by atoms with Crippen LogP contribution in [0.4, 0.5) is 0 Å². The first-order valence-electron chi connectivity index (χ1n) is 15.6. The van der Waals surface area contributed by atoms with Crippen molar-refractivity contribution in [2.45, 2.75) is 66.7 Å². The second kappa shape index (κ2) is 16.5. The molecule has 10 nitrogen and oxygen atoms in total. The van der Waals surface area contributed by atoms with E-state index < -0.39 is 0 Å². The molecule has 0 atom stereocenters. The number of allylic oxidation sites excluding steroid dienone is 2. The van der Waals surface area contributed by atoms with Crippen LogP contribution in [0.3, 0.4) is 0 Å². The maximum Gasteiger partial charge on any atom is 0.253 e. The van der Waals surface area contributed by atoms with Crippen LogP contribution >= 0.6 is 0 Å². The van der Waals surface area contributed by atoms with E-state index in [0.717, 1.165) is 30.5 Å². The first kappa shape index (κ1) is 35.0. The van der Waals surface area contributed by atoms with E-state index in [0.29, 0.717) is 71.0 Å². The molecule has 1 aliphatic heterocycles. The van der Waals surface area contributed by atoms with Crippen molar-refractivity contribution in [2.75, 3.05) is 52.6 Å². The van der Waals surface area contributed by atoms with Gasteiger partial charge >= 0.3 is 0 Å². The molecule has 1 heterocycles. The van der Waals surface area contributed by atoms with Gasteiger partial charge in [0.05, 0.1) is 26.4 Å². The van der Waals surface area contributed by atoms with Gasteiger partial charge in [0.15, 0.2) is 0 Å². The summed E-state index contributed by atoms with van der Waals surface area (Å²) in [4.78, 5) is 49.6. The minimum Gasteiger partial charge on any atom is -0.387 e. The molecule has 0 aromatic heterocycles. The fourth-order valence-corrected chi connectivity index (χ4v) is 4.86. The average molecular weight is 611 g/mol. The second-order valence-electron chi connectivity index (χ2n) is 13.3. The molecule has 0 unspecified atom stereocenters. The molecule has 0 saturated heterocycles. The Morgan fingerprint density at radius 2 is 1.55 bits per heavy atom. The number of hydrogen-bond donors (Lipinski definition) is 3. The first-order valence-corrected chi connectivity index (χ1v) is 15.6. The minimum absolute atomic E-state index is 0.0405. The number of imide groups is 1. The van der Waals surface area contributed by atoms with Crippen LogP contribution in [0.25, 0.3) is 0 Å². The quantitative estimate of drug-likeness (QED) is 0.161.